The summed E-state index contributed by atoms with van der Waals surface area (Å²) in [6.45, 7) is 2.03. The van der Waals surface area contributed by atoms with Gasteiger partial charge in [-0.2, -0.15) is 15.0 Å². The molecule has 13 nitrogen and oxygen atoms in total. The summed E-state index contributed by atoms with van der Waals surface area (Å²) in [4.78, 5) is 41.7. The van der Waals surface area contributed by atoms with E-state index in [1.165, 1.54) is 6.07 Å². The third kappa shape index (κ3) is 6.93. The summed E-state index contributed by atoms with van der Waals surface area (Å²) in [6, 6.07) is 10.8. The molecule has 1 aromatic heterocycles. The second-order valence-corrected chi connectivity index (χ2v) is 10.8. The molecule has 41 heavy (non-hydrogen) atoms. The van der Waals surface area contributed by atoms with Crippen LogP contribution in [0.3, 0.4) is 0 Å². The van der Waals surface area contributed by atoms with Crippen molar-refractivity contribution in [1.29, 1.82) is 0 Å². The molecular weight excluding hydrogens is 550 g/mol. The zero-order chi connectivity index (χ0) is 29.1. The number of carboxylic acid groups (broad SMARTS) is 1. The predicted molar refractivity (Wildman–Crippen MR) is 156 cm³/mol. The van der Waals surface area contributed by atoms with Gasteiger partial charge in [-0.1, -0.05) is 11.6 Å². The zero-order valence-corrected chi connectivity index (χ0v) is 23.0. The molecule has 0 radical (unpaired) electrons. The molecule has 2 aliphatic rings. The first-order valence-electron chi connectivity index (χ1n) is 13.3. The van der Waals surface area contributed by atoms with Gasteiger partial charge in [0.2, 0.25) is 17.8 Å². The lowest BCUT2D eigenvalue weighted by atomic mass is 9.97. The number of piperidine rings is 2. The highest BCUT2D eigenvalue weighted by atomic mass is 35.5. The maximum Gasteiger partial charge on any atom is 0.306 e. The van der Waals surface area contributed by atoms with Crippen molar-refractivity contribution in [3.05, 3.63) is 53.1 Å². The molecule has 1 amide bonds. The first-order valence-corrected chi connectivity index (χ1v) is 13.7. The number of hydrogen-bond donors (Lipinski definition) is 6. The summed E-state index contributed by atoms with van der Waals surface area (Å²) >= 11 is 5.89. The minimum Gasteiger partial charge on any atom is -0.506 e. The quantitative estimate of drug-likeness (QED) is 0.223. The molecule has 2 atom stereocenters. The number of aromatic hydroxyl groups is 1. The molecule has 3 aromatic rings. The van der Waals surface area contributed by atoms with E-state index in [9.17, 15) is 19.8 Å². The molecule has 0 saturated carbocycles. The van der Waals surface area contributed by atoms with E-state index in [2.05, 4.69) is 25.6 Å². The van der Waals surface area contributed by atoms with Gasteiger partial charge < -0.3 is 42.1 Å². The van der Waals surface area contributed by atoms with Crippen LogP contribution < -0.4 is 31.9 Å². The van der Waals surface area contributed by atoms with Crippen LogP contribution in [0.15, 0.2) is 42.5 Å². The van der Waals surface area contributed by atoms with Gasteiger partial charge in [-0.25, -0.2) is 0 Å². The normalized spacial score (nSPS) is 19.6. The molecule has 0 spiro atoms. The number of anilines is 5. The van der Waals surface area contributed by atoms with Gasteiger partial charge in [0.05, 0.1) is 11.6 Å². The number of carboxylic acids is 1. The number of phenols is 1. The van der Waals surface area contributed by atoms with E-state index >= 15 is 0 Å². The second-order valence-electron chi connectivity index (χ2n) is 10.3. The minimum atomic E-state index is -0.799. The number of nitrogens with zero attached hydrogens (tertiary/aromatic N) is 5. The number of halogens is 1. The monoisotopic (exact) mass is 581 g/mol. The minimum absolute atomic E-state index is 0.130. The fraction of sp³-hybridized carbons (Fsp3) is 0.370. The average molecular weight is 582 g/mol. The summed E-state index contributed by atoms with van der Waals surface area (Å²) in [5.41, 5.74) is 13.5. The lowest BCUT2D eigenvalue weighted by molar-refractivity contribution is -0.142. The zero-order valence-electron chi connectivity index (χ0n) is 22.2. The Hall–Kier alpha value is -4.20. The maximum absolute atomic E-state index is 12.6. The van der Waals surface area contributed by atoms with Crippen LogP contribution in [0.1, 0.15) is 29.6 Å². The highest BCUT2D eigenvalue weighted by molar-refractivity contribution is 6.30. The molecule has 0 unspecified atom stereocenters. The van der Waals surface area contributed by atoms with Gasteiger partial charge in [0.25, 0.3) is 5.91 Å². The Morgan fingerprint density at radius 3 is 2.17 bits per heavy atom. The standard InChI is InChI=1S/C27H32ClN9O4/c28-17-3-1-15(2-4-17)23(39)32-21-6-5-20(12-22(21)38)31-25-33-26(36-9-7-16(8-10-36)24(40)41)35-27(34-25)37-13-18(29)11-19(30)14-37/h1-6,12,16,18-19,38H,7-11,13-14,29-30H2,(H,32,39)(H,40,41)(H,31,33,34,35)/t18-,19+. The SMILES string of the molecule is N[C@@H]1C[C@H](N)CN(c2nc(Nc3ccc(NC(=O)c4ccc(Cl)cc4)c(O)c3)nc(N3CCC(C(=O)O)CC3)n2)C1. The number of nitrogens with two attached hydrogens (primary N) is 2. The van der Waals surface area contributed by atoms with E-state index in [-0.39, 0.29) is 29.5 Å². The third-order valence-corrected chi connectivity index (χ3v) is 7.40. The van der Waals surface area contributed by atoms with Crippen molar-refractivity contribution in [2.75, 3.05) is 46.6 Å². The van der Waals surface area contributed by atoms with Crippen LogP contribution >= 0.6 is 11.6 Å². The number of amides is 1. The number of carbonyl (C=O) groups is 2. The summed E-state index contributed by atoms with van der Waals surface area (Å²) in [5.74, 6) is -0.707. The Labute approximate surface area is 241 Å². The Morgan fingerprint density at radius 1 is 0.927 bits per heavy atom. The van der Waals surface area contributed by atoms with Crippen molar-refractivity contribution in [3.8, 4) is 5.75 Å². The number of hydrogen-bond acceptors (Lipinski definition) is 11. The Morgan fingerprint density at radius 2 is 1.56 bits per heavy atom. The Kier molecular flexibility index (Phi) is 8.38. The van der Waals surface area contributed by atoms with Crippen molar-refractivity contribution >= 4 is 52.7 Å². The molecular formula is C27H32ClN9O4. The van der Waals surface area contributed by atoms with E-state index < -0.39 is 17.8 Å². The highest BCUT2D eigenvalue weighted by Crippen LogP contribution is 2.30. The van der Waals surface area contributed by atoms with Crippen molar-refractivity contribution in [1.82, 2.24) is 15.0 Å². The number of phenolic OH excluding ortho intramolecular Hbond substituents is 1. The van der Waals surface area contributed by atoms with Crippen molar-refractivity contribution in [3.63, 3.8) is 0 Å². The van der Waals surface area contributed by atoms with Crippen LogP contribution in [0.4, 0.5) is 29.2 Å². The number of aromatic nitrogens is 3. The van der Waals surface area contributed by atoms with Crippen molar-refractivity contribution in [2.24, 2.45) is 17.4 Å². The van der Waals surface area contributed by atoms with Gasteiger partial charge in [0.1, 0.15) is 5.75 Å². The fourth-order valence-corrected chi connectivity index (χ4v) is 5.13. The van der Waals surface area contributed by atoms with Crippen LogP contribution in [0.5, 0.6) is 5.75 Å². The van der Waals surface area contributed by atoms with E-state index in [0.717, 1.165) is 0 Å². The lowest BCUT2D eigenvalue weighted by Gasteiger charge is -2.35. The third-order valence-electron chi connectivity index (χ3n) is 7.15. The summed E-state index contributed by atoms with van der Waals surface area (Å²) in [6.07, 6.45) is 1.66. The second kappa shape index (κ2) is 12.1. The number of aliphatic carboxylic acids is 1. The smallest absolute Gasteiger partial charge is 0.306 e. The van der Waals surface area contributed by atoms with Gasteiger partial charge in [-0.3, -0.25) is 9.59 Å². The molecule has 2 fully saturated rings. The highest BCUT2D eigenvalue weighted by Gasteiger charge is 2.29. The first kappa shape index (κ1) is 28.3. The maximum atomic E-state index is 12.6. The topological polar surface area (TPSA) is 196 Å². The average Bonchev–Trinajstić information content (AvgIpc) is 2.94. The first-order chi connectivity index (χ1) is 19.6. The van der Waals surface area contributed by atoms with Gasteiger partial charge >= 0.3 is 5.97 Å². The lowest BCUT2D eigenvalue weighted by Crippen LogP contribution is -2.53. The van der Waals surface area contributed by atoms with Crippen LogP contribution in [-0.2, 0) is 4.79 Å². The molecule has 2 saturated heterocycles. The van der Waals surface area contributed by atoms with Crippen LogP contribution in [0.2, 0.25) is 5.02 Å². The summed E-state index contributed by atoms with van der Waals surface area (Å²) in [5, 5.41) is 26.3. The number of rotatable bonds is 7. The van der Waals surface area contributed by atoms with Gasteiger partial charge in [0, 0.05) is 60.6 Å². The van der Waals surface area contributed by atoms with E-state index in [1.807, 2.05) is 9.80 Å². The fourth-order valence-electron chi connectivity index (χ4n) is 5.00. The largest absolute Gasteiger partial charge is 0.506 e. The Balaban J connectivity index is 1.37. The summed E-state index contributed by atoms with van der Waals surface area (Å²) < 4.78 is 0. The molecule has 5 rings (SSSR count). The molecule has 0 bridgehead atoms. The molecule has 8 N–H and O–H groups in total. The molecule has 2 aromatic carbocycles. The van der Waals surface area contributed by atoms with Crippen LogP contribution in [0.25, 0.3) is 0 Å². The van der Waals surface area contributed by atoms with Crippen molar-refractivity contribution < 1.29 is 19.8 Å². The van der Waals surface area contributed by atoms with E-state index in [1.54, 1.807) is 36.4 Å². The van der Waals surface area contributed by atoms with E-state index in [4.69, 9.17) is 23.1 Å². The summed E-state index contributed by atoms with van der Waals surface area (Å²) in [7, 11) is 0. The van der Waals surface area contributed by atoms with Crippen molar-refractivity contribution in [2.45, 2.75) is 31.3 Å². The van der Waals surface area contributed by atoms with E-state index in [0.29, 0.717) is 73.6 Å². The predicted octanol–water partition coefficient (Wildman–Crippen LogP) is 2.39. The molecule has 2 aliphatic heterocycles. The van der Waals surface area contributed by atoms with Gasteiger partial charge in [0.15, 0.2) is 0 Å². The Bertz CT molecular complexity index is 1410. The van der Waals surface area contributed by atoms with Gasteiger partial charge in [-0.15, -0.1) is 0 Å². The number of carbonyl (C=O) groups excluding carboxylic acids is 1. The molecule has 14 heteroatoms. The number of nitrogens with one attached hydrogen (secondary N) is 2. The molecule has 0 aliphatic carbocycles. The molecule has 3 heterocycles. The van der Waals surface area contributed by atoms with Crippen LogP contribution in [-0.4, -0.2) is 75.3 Å². The molecule has 216 valence electrons. The van der Waals surface area contributed by atoms with Crippen LogP contribution in [0, 0.1) is 5.92 Å². The number of benzene rings is 2. The van der Waals surface area contributed by atoms with Gasteiger partial charge in [-0.05, 0) is 55.7 Å².